The molecule has 1 aliphatic rings. The van der Waals surface area contributed by atoms with Gasteiger partial charge in [-0.1, -0.05) is 0 Å². The summed E-state index contributed by atoms with van der Waals surface area (Å²) in [5.41, 5.74) is 3.71. The molecule has 1 aliphatic heterocycles. The van der Waals surface area contributed by atoms with Crippen LogP contribution in [0.2, 0.25) is 0 Å². The molecule has 4 rings (SSSR count). The number of halogens is 2. The summed E-state index contributed by atoms with van der Waals surface area (Å²) in [5, 5.41) is 0.888. The van der Waals surface area contributed by atoms with Gasteiger partial charge in [-0.05, 0) is 55.3 Å². The first-order valence-electron chi connectivity index (χ1n) is 9.87. The number of fused-ring (bicyclic) bond motifs is 1. The predicted octanol–water partition coefficient (Wildman–Crippen LogP) is 3.40. The first-order chi connectivity index (χ1) is 14.7. The summed E-state index contributed by atoms with van der Waals surface area (Å²) in [6.07, 6.45) is 1.72. The molecule has 0 spiro atoms. The Balaban J connectivity index is 1.45. The second-order valence-corrected chi connectivity index (χ2v) is 9.64. The second kappa shape index (κ2) is 8.05. The molecule has 2 aromatic carbocycles. The molecule has 1 aromatic heterocycles. The molecule has 9 heteroatoms. The molecule has 0 atom stereocenters. The molecule has 0 bridgehead atoms. The lowest BCUT2D eigenvalue weighted by atomic mass is 10.0. The highest BCUT2D eigenvalue weighted by molar-refractivity contribution is 7.89. The highest BCUT2D eigenvalue weighted by Crippen LogP contribution is 2.26. The molecule has 0 radical (unpaired) electrons. The standard InChI is InChI=1S/C22H22F2N2O4S/c1-14-9-18-16(13-30-20(18)10-15(14)2)11-22(27)25-5-7-26(8-6-25)31(28,29)21-12-17(23)3-4-19(21)24/h3-4,9-10,12-13H,5-8,11H2,1-2H3. The van der Waals surface area contributed by atoms with E-state index < -0.39 is 26.6 Å². The average Bonchev–Trinajstić information content (AvgIpc) is 3.11. The Kier molecular flexibility index (Phi) is 5.57. The van der Waals surface area contributed by atoms with Gasteiger partial charge in [-0.15, -0.1) is 0 Å². The van der Waals surface area contributed by atoms with E-state index in [4.69, 9.17) is 4.42 Å². The number of benzene rings is 2. The Labute approximate surface area is 179 Å². The maximum absolute atomic E-state index is 14.0. The second-order valence-electron chi connectivity index (χ2n) is 7.73. The van der Waals surface area contributed by atoms with Crippen molar-refractivity contribution < 1.29 is 26.4 Å². The van der Waals surface area contributed by atoms with Crippen molar-refractivity contribution in [3.63, 3.8) is 0 Å². The molecule has 0 aliphatic carbocycles. The number of carbonyl (C=O) groups excluding carboxylic acids is 1. The number of furan rings is 1. The summed E-state index contributed by atoms with van der Waals surface area (Å²) in [5.74, 6) is -1.97. The van der Waals surface area contributed by atoms with Gasteiger partial charge in [0.1, 0.15) is 22.1 Å². The van der Waals surface area contributed by atoms with E-state index in [9.17, 15) is 22.0 Å². The summed E-state index contributed by atoms with van der Waals surface area (Å²) >= 11 is 0. The van der Waals surface area contributed by atoms with Crippen LogP contribution in [-0.2, 0) is 21.2 Å². The van der Waals surface area contributed by atoms with Crippen molar-refractivity contribution in [1.82, 2.24) is 9.21 Å². The fourth-order valence-electron chi connectivity index (χ4n) is 3.74. The van der Waals surface area contributed by atoms with E-state index in [2.05, 4.69) is 0 Å². The Morgan fingerprint density at radius 3 is 2.42 bits per heavy atom. The number of aryl methyl sites for hydroxylation is 2. The van der Waals surface area contributed by atoms with Gasteiger partial charge in [0.15, 0.2) is 0 Å². The monoisotopic (exact) mass is 448 g/mol. The van der Waals surface area contributed by atoms with Crippen LogP contribution in [0, 0.1) is 25.5 Å². The van der Waals surface area contributed by atoms with Gasteiger partial charge in [-0.2, -0.15) is 4.31 Å². The van der Waals surface area contributed by atoms with E-state index in [0.717, 1.165) is 44.1 Å². The lowest BCUT2D eigenvalue weighted by molar-refractivity contribution is -0.131. The van der Waals surface area contributed by atoms with Gasteiger partial charge in [0.2, 0.25) is 15.9 Å². The van der Waals surface area contributed by atoms with Crippen molar-refractivity contribution in [3.05, 3.63) is 64.9 Å². The van der Waals surface area contributed by atoms with Crippen molar-refractivity contribution in [3.8, 4) is 0 Å². The third-order valence-electron chi connectivity index (χ3n) is 5.71. The lowest BCUT2D eigenvalue weighted by Crippen LogP contribution is -2.51. The van der Waals surface area contributed by atoms with E-state index in [1.54, 1.807) is 11.2 Å². The van der Waals surface area contributed by atoms with E-state index in [1.165, 1.54) is 0 Å². The average molecular weight is 448 g/mol. The molecule has 31 heavy (non-hydrogen) atoms. The van der Waals surface area contributed by atoms with Crippen molar-refractivity contribution in [2.24, 2.45) is 0 Å². The minimum absolute atomic E-state index is 0.00840. The van der Waals surface area contributed by atoms with Gasteiger partial charge in [0.05, 0.1) is 12.7 Å². The molecule has 2 heterocycles. The molecular weight excluding hydrogens is 426 g/mol. The number of hydrogen-bond donors (Lipinski definition) is 0. The van der Waals surface area contributed by atoms with Crippen molar-refractivity contribution in [2.45, 2.75) is 25.2 Å². The SMILES string of the molecule is Cc1cc2occ(CC(=O)N3CCN(S(=O)(=O)c4cc(F)ccc4F)CC3)c2cc1C. The summed E-state index contributed by atoms with van der Waals surface area (Å²) < 4.78 is 59.5. The van der Waals surface area contributed by atoms with Crippen LogP contribution in [0.3, 0.4) is 0 Å². The molecule has 0 unspecified atom stereocenters. The molecule has 0 saturated carbocycles. The van der Waals surface area contributed by atoms with E-state index in [-0.39, 0.29) is 38.5 Å². The quantitative estimate of drug-likeness (QED) is 0.613. The van der Waals surface area contributed by atoms with E-state index in [1.807, 2.05) is 26.0 Å². The van der Waals surface area contributed by atoms with Crippen molar-refractivity contribution >= 4 is 26.9 Å². The van der Waals surface area contributed by atoms with Gasteiger partial charge in [0, 0.05) is 37.1 Å². The normalized spacial score (nSPS) is 15.5. The van der Waals surface area contributed by atoms with E-state index in [0.29, 0.717) is 6.07 Å². The van der Waals surface area contributed by atoms with Crippen LogP contribution in [0.5, 0.6) is 0 Å². The van der Waals surface area contributed by atoms with Gasteiger partial charge in [-0.3, -0.25) is 4.79 Å². The Morgan fingerprint density at radius 1 is 1.03 bits per heavy atom. The van der Waals surface area contributed by atoms with Crippen LogP contribution >= 0.6 is 0 Å². The van der Waals surface area contributed by atoms with Crippen LogP contribution in [0.15, 0.2) is 45.9 Å². The minimum Gasteiger partial charge on any atom is -0.464 e. The van der Waals surface area contributed by atoms with Gasteiger partial charge < -0.3 is 9.32 Å². The molecule has 6 nitrogen and oxygen atoms in total. The first-order valence-corrected chi connectivity index (χ1v) is 11.3. The van der Waals surface area contributed by atoms with Gasteiger partial charge in [0.25, 0.3) is 0 Å². The van der Waals surface area contributed by atoms with Crippen LogP contribution in [0.4, 0.5) is 8.78 Å². The van der Waals surface area contributed by atoms with Crippen molar-refractivity contribution in [2.75, 3.05) is 26.2 Å². The topological polar surface area (TPSA) is 70.8 Å². The molecule has 164 valence electrons. The number of sulfonamides is 1. The molecule has 1 amide bonds. The largest absolute Gasteiger partial charge is 0.464 e. The fraction of sp³-hybridized carbons (Fsp3) is 0.318. The third-order valence-corrected chi connectivity index (χ3v) is 7.63. The zero-order valence-corrected chi connectivity index (χ0v) is 18.0. The van der Waals surface area contributed by atoms with Crippen LogP contribution in [-0.4, -0.2) is 49.7 Å². The highest BCUT2D eigenvalue weighted by atomic mass is 32.2. The smallest absolute Gasteiger partial charge is 0.246 e. The molecule has 1 fully saturated rings. The number of piperazine rings is 1. The lowest BCUT2D eigenvalue weighted by Gasteiger charge is -2.34. The van der Waals surface area contributed by atoms with E-state index >= 15 is 0 Å². The molecular formula is C22H22F2N2O4S. The first kappa shape index (κ1) is 21.5. The number of rotatable bonds is 4. The van der Waals surface area contributed by atoms with Gasteiger partial charge >= 0.3 is 0 Å². The third kappa shape index (κ3) is 4.07. The molecule has 0 N–H and O–H groups in total. The summed E-state index contributed by atoms with van der Waals surface area (Å²) in [7, 11) is -4.19. The number of hydrogen-bond acceptors (Lipinski definition) is 4. The fourth-order valence-corrected chi connectivity index (χ4v) is 5.24. The Bertz CT molecular complexity index is 1260. The van der Waals surface area contributed by atoms with Crippen molar-refractivity contribution in [1.29, 1.82) is 0 Å². The van der Waals surface area contributed by atoms with Crippen LogP contribution < -0.4 is 0 Å². The summed E-state index contributed by atoms with van der Waals surface area (Å²) in [6.45, 7) is 4.34. The van der Waals surface area contributed by atoms with Gasteiger partial charge in [-0.25, -0.2) is 17.2 Å². The molecule has 3 aromatic rings. The number of carbonyl (C=O) groups is 1. The van der Waals surface area contributed by atoms with Crippen LogP contribution in [0.1, 0.15) is 16.7 Å². The maximum atomic E-state index is 14.0. The summed E-state index contributed by atoms with van der Waals surface area (Å²) in [4.78, 5) is 13.7. The maximum Gasteiger partial charge on any atom is 0.246 e. The number of nitrogens with zero attached hydrogens (tertiary/aromatic N) is 2. The number of amides is 1. The minimum atomic E-state index is -4.19. The van der Waals surface area contributed by atoms with Crippen LogP contribution in [0.25, 0.3) is 11.0 Å². The zero-order valence-electron chi connectivity index (χ0n) is 17.2. The molecule has 1 saturated heterocycles. The highest BCUT2D eigenvalue weighted by Gasteiger charge is 2.32. The Hall–Kier alpha value is -2.78. The Morgan fingerprint density at radius 2 is 1.71 bits per heavy atom. The predicted molar refractivity (Wildman–Crippen MR) is 111 cm³/mol. The summed E-state index contributed by atoms with van der Waals surface area (Å²) in [6, 6.07) is 6.27. The zero-order chi connectivity index (χ0) is 22.3.